The Bertz CT molecular complexity index is 829. The van der Waals surface area contributed by atoms with Gasteiger partial charge in [0.05, 0.1) is 18.3 Å². The molecule has 0 spiro atoms. The summed E-state index contributed by atoms with van der Waals surface area (Å²) in [6.07, 6.45) is 3.13. The maximum atomic E-state index is 12.4. The summed E-state index contributed by atoms with van der Waals surface area (Å²) < 4.78 is 10.6. The van der Waals surface area contributed by atoms with Crippen molar-refractivity contribution in [2.75, 3.05) is 19.0 Å². The lowest BCUT2D eigenvalue weighted by Gasteiger charge is -2.14. The zero-order chi connectivity index (χ0) is 17.8. The highest BCUT2D eigenvalue weighted by Crippen LogP contribution is 2.32. The van der Waals surface area contributed by atoms with Crippen LogP contribution in [0.25, 0.3) is 6.08 Å². The fraction of sp³-hybridized carbons (Fsp3) is 0.118. The number of furan rings is 1. The molecule has 2 heterocycles. The Morgan fingerprint density at radius 2 is 2.12 bits per heavy atom. The number of nitrogens with one attached hydrogen (secondary N) is 1. The molecule has 1 fully saturated rings. The second kappa shape index (κ2) is 7.54. The van der Waals surface area contributed by atoms with Gasteiger partial charge in [-0.1, -0.05) is 24.0 Å². The van der Waals surface area contributed by atoms with E-state index in [-0.39, 0.29) is 18.4 Å². The van der Waals surface area contributed by atoms with Crippen LogP contribution in [0.3, 0.4) is 0 Å². The topological polar surface area (TPSA) is 71.8 Å². The first kappa shape index (κ1) is 17.2. The van der Waals surface area contributed by atoms with Gasteiger partial charge in [0.15, 0.2) is 0 Å². The number of rotatable bonds is 5. The molecule has 25 heavy (non-hydrogen) atoms. The number of thioether (sulfide) groups is 1. The first-order valence-corrected chi connectivity index (χ1v) is 8.52. The van der Waals surface area contributed by atoms with Crippen molar-refractivity contribution in [1.29, 1.82) is 0 Å². The lowest BCUT2D eigenvalue weighted by molar-refractivity contribution is -0.126. The third kappa shape index (κ3) is 4.09. The van der Waals surface area contributed by atoms with E-state index in [1.165, 1.54) is 11.2 Å². The summed E-state index contributed by atoms with van der Waals surface area (Å²) in [5, 5.41) is 2.73. The SMILES string of the molecule is COc1ccc(NC(=O)CN2C(=O)/C(=C/c3ccco3)SC2=S)cc1. The fourth-order valence-corrected chi connectivity index (χ4v) is 3.39. The summed E-state index contributed by atoms with van der Waals surface area (Å²) in [5.41, 5.74) is 0.613. The maximum Gasteiger partial charge on any atom is 0.266 e. The van der Waals surface area contributed by atoms with Crippen molar-refractivity contribution in [3.05, 3.63) is 53.3 Å². The molecule has 0 radical (unpaired) electrons. The van der Waals surface area contributed by atoms with Crippen LogP contribution in [-0.4, -0.2) is 34.7 Å². The smallest absolute Gasteiger partial charge is 0.266 e. The largest absolute Gasteiger partial charge is 0.497 e. The van der Waals surface area contributed by atoms with E-state index in [0.717, 1.165) is 11.8 Å². The Hall–Kier alpha value is -2.58. The Morgan fingerprint density at radius 3 is 2.76 bits per heavy atom. The minimum Gasteiger partial charge on any atom is -0.497 e. The van der Waals surface area contributed by atoms with Gasteiger partial charge in [0.1, 0.15) is 22.4 Å². The van der Waals surface area contributed by atoms with Gasteiger partial charge in [-0.05, 0) is 36.4 Å². The van der Waals surface area contributed by atoms with Crippen LogP contribution in [0.4, 0.5) is 5.69 Å². The van der Waals surface area contributed by atoms with Crippen LogP contribution in [0.2, 0.25) is 0 Å². The van der Waals surface area contributed by atoms with Crippen LogP contribution >= 0.6 is 24.0 Å². The molecule has 8 heteroatoms. The molecule has 0 aliphatic carbocycles. The summed E-state index contributed by atoms with van der Waals surface area (Å²) in [6.45, 7) is -0.147. The lowest BCUT2D eigenvalue weighted by Crippen LogP contribution is -2.36. The molecule has 0 atom stereocenters. The first-order valence-electron chi connectivity index (χ1n) is 7.29. The molecule has 1 saturated heterocycles. The predicted molar refractivity (Wildman–Crippen MR) is 100 cm³/mol. The van der Waals surface area contributed by atoms with Crippen LogP contribution < -0.4 is 10.1 Å². The molecule has 0 saturated carbocycles. The first-order chi connectivity index (χ1) is 12.1. The van der Waals surface area contributed by atoms with Gasteiger partial charge in [-0.25, -0.2) is 0 Å². The van der Waals surface area contributed by atoms with E-state index in [1.807, 2.05) is 0 Å². The van der Waals surface area contributed by atoms with Gasteiger partial charge >= 0.3 is 0 Å². The van der Waals surface area contributed by atoms with Crippen molar-refractivity contribution in [3.63, 3.8) is 0 Å². The number of carbonyl (C=O) groups is 2. The molecule has 128 valence electrons. The minimum atomic E-state index is -0.333. The highest BCUT2D eigenvalue weighted by molar-refractivity contribution is 8.26. The molecule has 1 aliphatic rings. The van der Waals surface area contributed by atoms with Crippen molar-refractivity contribution < 1.29 is 18.7 Å². The van der Waals surface area contributed by atoms with Crippen molar-refractivity contribution in [2.24, 2.45) is 0 Å². The lowest BCUT2D eigenvalue weighted by atomic mass is 10.3. The second-order valence-electron chi connectivity index (χ2n) is 5.06. The van der Waals surface area contributed by atoms with Gasteiger partial charge in [0.2, 0.25) is 5.91 Å². The zero-order valence-corrected chi connectivity index (χ0v) is 14.9. The Kier molecular flexibility index (Phi) is 5.20. The molecule has 0 bridgehead atoms. The van der Waals surface area contributed by atoms with E-state index >= 15 is 0 Å². The van der Waals surface area contributed by atoms with Crippen LogP contribution in [0.15, 0.2) is 52.0 Å². The van der Waals surface area contributed by atoms with Crippen molar-refractivity contribution in [1.82, 2.24) is 4.90 Å². The number of thiocarbonyl (C=S) groups is 1. The molecule has 1 aromatic carbocycles. The predicted octanol–water partition coefficient (Wildman–Crippen LogP) is 3.13. The van der Waals surface area contributed by atoms with Gasteiger partial charge in [-0.3, -0.25) is 14.5 Å². The number of amides is 2. The van der Waals surface area contributed by atoms with Crippen molar-refractivity contribution in [2.45, 2.75) is 0 Å². The quantitative estimate of drug-likeness (QED) is 0.640. The molecule has 6 nitrogen and oxygen atoms in total. The third-order valence-electron chi connectivity index (χ3n) is 3.37. The highest BCUT2D eigenvalue weighted by Gasteiger charge is 2.33. The molecule has 1 aromatic heterocycles. The summed E-state index contributed by atoms with van der Waals surface area (Å²) in [5.74, 6) is 0.609. The standard InChI is InChI=1S/C17H14N2O4S2/c1-22-12-6-4-11(5-7-12)18-15(20)10-19-16(21)14(25-17(19)24)9-13-3-2-8-23-13/h2-9H,10H2,1H3,(H,18,20)/b14-9-. The molecule has 0 unspecified atom stereocenters. The monoisotopic (exact) mass is 374 g/mol. The summed E-state index contributed by atoms with van der Waals surface area (Å²) in [4.78, 5) is 26.3. The highest BCUT2D eigenvalue weighted by atomic mass is 32.2. The number of benzene rings is 1. The summed E-state index contributed by atoms with van der Waals surface area (Å²) in [7, 11) is 1.57. The number of hydrogen-bond acceptors (Lipinski definition) is 6. The zero-order valence-electron chi connectivity index (χ0n) is 13.2. The fourth-order valence-electron chi connectivity index (χ4n) is 2.16. The second-order valence-corrected chi connectivity index (χ2v) is 6.74. The average Bonchev–Trinajstić information content (AvgIpc) is 3.20. The summed E-state index contributed by atoms with van der Waals surface area (Å²) >= 11 is 6.35. The molecular weight excluding hydrogens is 360 g/mol. The molecule has 1 N–H and O–H groups in total. The van der Waals surface area contributed by atoms with Crippen molar-refractivity contribution in [3.8, 4) is 5.75 Å². The van der Waals surface area contributed by atoms with Crippen LogP contribution in [0.5, 0.6) is 5.75 Å². The van der Waals surface area contributed by atoms with Crippen molar-refractivity contribution >= 4 is 51.9 Å². The number of nitrogens with zero attached hydrogens (tertiary/aromatic N) is 1. The van der Waals surface area contributed by atoms with E-state index in [2.05, 4.69) is 5.32 Å². The van der Waals surface area contributed by atoms with Crippen LogP contribution in [0.1, 0.15) is 5.76 Å². The Labute approximate surface area is 153 Å². The van der Waals surface area contributed by atoms with Gasteiger partial charge in [0.25, 0.3) is 5.91 Å². The number of methoxy groups -OCH3 is 1. The number of carbonyl (C=O) groups excluding carboxylic acids is 2. The van der Waals surface area contributed by atoms with Gasteiger partial charge in [-0.2, -0.15) is 0 Å². The molecule has 3 rings (SSSR count). The number of anilines is 1. The Balaban J connectivity index is 1.64. The third-order valence-corrected chi connectivity index (χ3v) is 4.74. The van der Waals surface area contributed by atoms with E-state index in [4.69, 9.17) is 21.4 Å². The van der Waals surface area contributed by atoms with Crippen LogP contribution in [0, 0.1) is 0 Å². The Morgan fingerprint density at radius 1 is 1.36 bits per heavy atom. The molecular formula is C17H14N2O4S2. The number of ether oxygens (including phenoxy) is 1. The molecule has 2 aromatic rings. The van der Waals surface area contributed by atoms with E-state index < -0.39 is 0 Å². The van der Waals surface area contributed by atoms with Gasteiger partial charge < -0.3 is 14.5 Å². The average molecular weight is 374 g/mol. The summed E-state index contributed by atoms with van der Waals surface area (Å²) in [6, 6.07) is 10.4. The van der Waals surface area contributed by atoms with Crippen LogP contribution in [-0.2, 0) is 9.59 Å². The maximum absolute atomic E-state index is 12.4. The normalized spacial score (nSPS) is 15.7. The number of hydrogen-bond donors (Lipinski definition) is 1. The van der Waals surface area contributed by atoms with E-state index in [9.17, 15) is 9.59 Å². The van der Waals surface area contributed by atoms with Gasteiger partial charge in [0, 0.05) is 11.8 Å². The van der Waals surface area contributed by atoms with E-state index in [1.54, 1.807) is 49.6 Å². The minimum absolute atomic E-state index is 0.147. The molecule has 1 aliphatic heterocycles. The van der Waals surface area contributed by atoms with Gasteiger partial charge in [-0.15, -0.1) is 0 Å². The van der Waals surface area contributed by atoms with E-state index in [0.29, 0.717) is 26.4 Å². The molecule has 2 amide bonds.